The summed E-state index contributed by atoms with van der Waals surface area (Å²) in [6.45, 7) is 4.08. The molecule has 1 aromatic heterocycles. The molecule has 146 valence electrons. The molecule has 2 N–H and O–H groups in total. The highest BCUT2D eigenvalue weighted by Gasteiger charge is 2.55. The fourth-order valence-corrected chi connectivity index (χ4v) is 4.33. The van der Waals surface area contributed by atoms with Gasteiger partial charge in [-0.3, -0.25) is 9.78 Å². The summed E-state index contributed by atoms with van der Waals surface area (Å²) in [5.41, 5.74) is 2.39. The fourth-order valence-electron chi connectivity index (χ4n) is 4.33. The van der Waals surface area contributed by atoms with Crippen molar-refractivity contribution in [2.45, 2.75) is 37.9 Å². The minimum Gasteiger partial charge on any atom is -0.394 e. The Hall–Kier alpha value is -2.93. The number of urea groups is 1. The number of anilines is 1. The maximum absolute atomic E-state index is 13.2. The van der Waals surface area contributed by atoms with E-state index in [4.69, 9.17) is 0 Å². The van der Waals surface area contributed by atoms with Gasteiger partial charge in [-0.2, -0.15) is 0 Å². The molecule has 1 aromatic carbocycles. The van der Waals surface area contributed by atoms with Crippen LogP contribution in [0.25, 0.3) is 0 Å². The van der Waals surface area contributed by atoms with E-state index in [1.54, 1.807) is 34.3 Å². The van der Waals surface area contributed by atoms with Gasteiger partial charge in [0.15, 0.2) is 0 Å². The number of aliphatic hydroxyl groups is 1. The summed E-state index contributed by atoms with van der Waals surface area (Å²) in [5, 5.41) is 12.9. The summed E-state index contributed by atoms with van der Waals surface area (Å²) in [6, 6.07) is 10.5. The Bertz CT molecular complexity index is 886. The van der Waals surface area contributed by atoms with Gasteiger partial charge in [-0.1, -0.05) is 18.2 Å². The van der Waals surface area contributed by atoms with Crippen molar-refractivity contribution in [3.8, 4) is 0 Å². The SMILES string of the molecule is CC(C)NC(=O)N1[C@H](CO)[C@@H]2c3ccccc3N(C(=O)c3ccncc3)C[C@@H]21. The van der Waals surface area contributed by atoms with Crippen LogP contribution in [0.15, 0.2) is 48.8 Å². The molecule has 0 spiro atoms. The van der Waals surface area contributed by atoms with Gasteiger partial charge in [0.2, 0.25) is 0 Å². The number of rotatable bonds is 3. The van der Waals surface area contributed by atoms with Crippen molar-refractivity contribution in [2.75, 3.05) is 18.1 Å². The number of nitrogens with one attached hydrogen (secondary N) is 1. The molecule has 2 aliphatic rings. The molecule has 3 heterocycles. The third kappa shape index (κ3) is 2.92. The summed E-state index contributed by atoms with van der Waals surface area (Å²) in [5.74, 6) is -0.106. The van der Waals surface area contributed by atoms with Crippen LogP contribution in [-0.4, -0.2) is 58.2 Å². The molecular weight excluding hydrogens is 356 g/mol. The number of hydrogen-bond donors (Lipinski definition) is 2. The highest BCUT2D eigenvalue weighted by molar-refractivity contribution is 6.07. The molecule has 7 nitrogen and oxygen atoms in total. The van der Waals surface area contributed by atoms with Crippen molar-refractivity contribution >= 4 is 17.6 Å². The van der Waals surface area contributed by atoms with Crippen LogP contribution >= 0.6 is 0 Å². The monoisotopic (exact) mass is 380 g/mol. The van der Waals surface area contributed by atoms with E-state index >= 15 is 0 Å². The van der Waals surface area contributed by atoms with Gasteiger partial charge in [0.1, 0.15) is 0 Å². The topological polar surface area (TPSA) is 85.8 Å². The number of pyridine rings is 1. The Morgan fingerprint density at radius 3 is 2.61 bits per heavy atom. The Morgan fingerprint density at radius 1 is 1.21 bits per heavy atom. The molecule has 2 aliphatic heterocycles. The first kappa shape index (κ1) is 18.4. The van der Waals surface area contributed by atoms with Gasteiger partial charge in [0.05, 0.1) is 18.7 Å². The van der Waals surface area contributed by atoms with Crippen LogP contribution < -0.4 is 10.2 Å². The zero-order chi connectivity index (χ0) is 19.8. The normalized spacial score (nSPS) is 22.9. The molecule has 0 bridgehead atoms. The number of aromatic nitrogens is 1. The van der Waals surface area contributed by atoms with Gasteiger partial charge in [-0.15, -0.1) is 0 Å². The maximum atomic E-state index is 13.2. The third-order valence-corrected chi connectivity index (χ3v) is 5.51. The van der Waals surface area contributed by atoms with Crippen LogP contribution in [0.2, 0.25) is 0 Å². The first-order valence-electron chi connectivity index (χ1n) is 9.53. The zero-order valence-corrected chi connectivity index (χ0v) is 15.9. The second-order valence-electron chi connectivity index (χ2n) is 7.56. The Kier molecular flexibility index (Phi) is 4.77. The van der Waals surface area contributed by atoms with E-state index in [1.165, 1.54) is 0 Å². The van der Waals surface area contributed by atoms with E-state index in [0.29, 0.717) is 12.1 Å². The van der Waals surface area contributed by atoms with Crippen LogP contribution in [0, 0.1) is 0 Å². The molecule has 28 heavy (non-hydrogen) atoms. The summed E-state index contributed by atoms with van der Waals surface area (Å²) in [6.07, 6.45) is 3.19. The second-order valence-corrected chi connectivity index (χ2v) is 7.56. The van der Waals surface area contributed by atoms with Gasteiger partial charge < -0.3 is 20.2 Å². The van der Waals surface area contributed by atoms with Crippen LogP contribution in [0.3, 0.4) is 0 Å². The second kappa shape index (κ2) is 7.24. The average Bonchev–Trinajstić information content (AvgIpc) is 2.68. The van der Waals surface area contributed by atoms with Crippen molar-refractivity contribution < 1.29 is 14.7 Å². The number of nitrogens with zero attached hydrogens (tertiary/aromatic N) is 3. The molecule has 0 saturated carbocycles. The zero-order valence-electron chi connectivity index (χ0n) is 15.9. The lowest BCUT2D eigenvalue weighted by molar-refractivity contribution is -0.00815. The van der Waals surface area contributed by atoms with Gasteiger partial charge in [0.25, 0.3) is 5.91 Å². The van der Waals surface area contributed by atoms with Crippen LogP contribution in [-0.2, 0) is 0 Å². The Balaban J connectivity index is 1.70. The number of carbonyl (C=O) groups is 2. The number of amides is 3. The molecule has 1 fully saturated rings. The fraction of sp³-hybridized carbons (Fsp3) is 0.381. The van der Waals surface area contributed by atoms with Gasteiger partial charge in [-0.25, -0.2) is 4.79 Å². The van der Waals surface area contributed by atoms with Gasteiger partial charge in [0, 0.05) is 42.1 Å². The number of aliphatic hydroxyl groups excluding tert-OH is 1. The molecule has 3 atom stereocenters. The van der Waals surface area contributed by atoms with Gasteiger partial charge in [-0.05, 0) is 37.6 Å². The van der Waals surface area contributed by atoms with Crippen molar-refractivity contribution in [1.29, 1.82) is 0 Å². The minimum atomic E-state index is -0.289. The Morgan fingerprint density at radius 2 is 1.93 bits per heavy atom. The number of hydrogen-bond acceptors (Lipinski definition) is 4. The first-order chi connectivity index (χ1) is 13.5. The highest BCUT2D eigenvalue weighted by Crippen LogP contribution is 2.48. The number of benzene rings is 1. The molecule has 4 rings (SSSR count). The smallest absolute Gasteiger partial charge is 0.318 e. The predicted molar refractivity (Wildman–Crippen MR) is 105 cm³/mol. The van der Waals surface area contributed by atoms with Crippen molar-refractivity contribution in [3.05, 3.63) is 59.9 Å². The molecule has 7 heteroatoms. The van der Waals surface area contributed by atoms with Gasteiger partial charge >= 0.3 is 6.03 Å². The molecule has 0 radical (unpaired) electrons. The summed E-state index contributed by atoms with van der Waals surface area (Å²) < 4.78 is 0. The number of carbonyl (C=O) groups excluding carboxylic acids is 2. The molecule has 1 saturated heterocycles. The van der Waals surface area contributed by atoms with Crippen LogP contribution in [0.4, 0.5) is 10.5 Å². The number of likely N-dealkylation sites (tertiary alicyclic amines) is 1. The number of fused-ring (bicyclic) bond motifs is 3. The lowest BCUT2D eigenvalue weighted by atomic mass is 9.72. The van der Waals surface area contributed by atoms with Crippen LogP contribution in [0.5, 0.6) is 0 Å². The van der Waals surface area contributed by atoms with E-state index in [-0.39, 0.29) is 42.6 Å². The average molecular weight is 380 g/mol. The predicted octanol–water partition coefficient (Wildman–Crippen LogP) is 1.99. The van der Waals surface area contributed by atoms with Crippen molar-refractivity contribution in [3.63, 3.8) is 0 Å². The molecule has 2 aromatic rings. The lowest BCUT2D eigenvalue weighted by Crippen LogP contribution is -2.72. The largest absolute Gasteiger partial charge is 0.394 e. The molecule has 0 unspecified atom stereocenters. The Labute approximate surface area is 164 Å². The summed E-state index contributed by atoms with van der Waals surface area (Å²) >= 11 is 0. The van der Waals surface area contributed by atoms with Crippen molar-refractivity contribution in [1.82, 2.24) is 15.2 Å². The number of para-hydroxylation sites is 1. The van der Waals surface area contributed by atoms with E-state index in [9.17, 15) is 14.7 Å². The maximum Gasteiger partial charge on any atom is 0.318 e. The molecule has 3 amide bonds. The standard InChI is InChI=1S/C21H24N4O3/c1-13(2)23-21(28)25-17-11-24(20(27)14-7-9-22-10-8-14)16-6-4-3-5-15(16)19(17)18(25)12-26/h3-10,13,17-19,26H,11-12H2,1-2H3,(H,23,28)/t17-,18+,19+/m0/s1. The van der Waals surface area contributed by atoms with E-state index < -0.39 is 0 Å². The van der Waals surface area contributed by atoms with E-state index in [1.807, 2.05) is 38.1 Å². The third-order valence-electron chi connectivity index (χ3n) is 5.51. The summed E-state index contributed by atoms with van der Waals surface area (Å²) in [4.78, 5) is 33.3. The highest BCUT2D eigenvalue weighted by atomic mass is 16.3. The quantitative estimate of drug-likeness (QED) is 0.853. The lowest BCUT2D eigenvalue weighted by Gasteiger charge is -2.58. The molecule has 0 aliphatic carbocycles. The van der Waals surface area contributed by atoms with E-state index in [2.05, 4.69) is 10.3 Å². The van der Waals surface area contributed by atoms with Crippen molar-refractivity contribution in [2.24, 2.45) is 0 Å². The first-order valence-corrected chi connectivity index (χ1v) is 9.53. The molecular formula is C21H24N4O3. The minimum absolute atomic E-state index is 0.00340. The summed E-state index contributed by atoms with van der Waals surface area (Å²) in [7, 11) is 0. The van der Waals surface area contributed by atoms with E-state index in [0.717, 1.165) is 11.3 Å². The van der Waals surface area contributed by atoms with Crippen LogP contribution in [0.1, 0.15) is 35.7 Å².